The molecule has 1 unspecified atom stereocenters. The fraction of sp³-hybridized carbons (Fsp3) is 0.349. The summed E-state index contributed by atoms with van der Waals surface area (Å²) in [4.78, 5) is 24.5. The Balaban J connectivity index is 1.40. The maximum atomic E-state index is 12.5. The first-order valence-electron chi connectivity index (χ1n) is 17.8. The minimum atomic E-state index is -1.13. The van der Waals surface area contributed by atoms with Gasteiger partial charge in [-0.05, 0) is 41.8 Å². The molecule has 1 atom stereocenters. The van der Waals surface area contributed by atoms with Gasteiger partial charge >= 0.3 is 11.9 Å². The van der Waals surface area contributed by atoms with E-state index in [0.29, 0.717) is 36.7 Å². The van der Waals surface area contributed by atoms with Crippen LogP contribution in [-0.4, -0.2) is 17.0 Å². The van der Waals surface area contributed by atoms with Crippen LogP contribution in [0.3, 0.4) is 0 Å². The lowest BCUT2D eigenvalue weighted by molar-refractivity contribution is -0.134. The molecule has 0 aliphatic rings. The SMILES string of the molecule is CCCCCCCCCCCC(=O)Oc1ccc(C(O)C=Cc2ccc(OCc3ccccc3)cc2OCc2ccccc2)c(OC(C)=O)c1. The van der Waals surface area contributed by atoms with Crippen molar-refractivity contribution >= 4 is 18.0 Å². The highest BCUT2D eigenvalue weighted by atomic mass is 16.5. The number of carbonyl (C=O) groups excluding carboxylic acids is 2. The van der Waals surface area contributed by atoms with Gasteiger partial charge in [0.05, 0.1) is 0 Å². The maximum Gasteiger partial charge on any atom is 0.311 e. The van der Waals surface area contributed by atoms with Crippen molar-refractivity contribution in [3.8, 4) is 23.0 Å². The summed E-state index contributed by atoms with van der Waals surface area (Å²) in [5.41, 5.74) is 3.14. The smallest absolute Gasteiger partial charge is 0.311 e. The molecule has 1 N–H and O–H groups in total. The number of unbranched alkanes of at least 4 members (excludes halogenated alkanes) is 8. The zero-order chi connectivity index (χ0) is 35.4. The number of rotatable bonds is 21. The minimum Gasteiger partial charge on any atom is -0.489 e. The third kappa shape index (κ3) is 13.6. The van der Waals surface area contributed by atoms with E-state index in [1.54, 1.807) is 24.3 Å². The van der Waals surface area contributed by atoms with Gasteiger partial charge in [0.25, 0.3) is 0 Å². The highest BCUT2D eigenvalue weighted by molar-refractivity contribution is 5.73. The molecule has 7 heteroatoms. The Morgan fingerprint density at radius 1 is 0.660 bits per heavy atom. The van der Waals surface area contributed by atoms with E-state index in [-0.39, 0.29) is 17.5 Å². The van der Waals surface area contributed by atoms with Gasteiger partial charge in [0.15, 0.2) is 0 Å². The van der Waals surface area contributed by atoms with Gasteiger partial charge in [0, 0.05) is 36.6 Å². The lowest BCUT2D eigenvalue weighted by atomic mass is 10.1. The van der Waals surface area contributed by atoms with Crippen LogP contribution in [0.15, 0.2) is 103 Å². The van der Waals surface area contributed by atoms with Gasteiger partial charge in [-0.3, -0.25) is 9.59 Å². The summed E-state index contributed by atoms with van der Waals surface area (Å²) in [6.45, 7) is 4.27. The molecular weight excluding hydrogens is 628 g/mol. The molecular formula is C43H50O7. The monoisotopic (exact) mass is 678 g/mol. The van der Waals surface area contributed by atoms with Gasteiger partial charge in [-0.1, -0.05) is 131 Å². The summed E-state index contributed by atoms with van der Waals surface area (Å²) in [7, 11) is 0. The van der Waals surface area contributed by atoms with E-state index in [1.807, 2.05) is 78.9 Å². The van der Waals surface area contributed by atoms with E-state index in [2.05, 4.69) is 6.92 Å². The zero-order valence-electron chi connectivity index (χ0n) is 29.4. The highest BCUT2D eigenvalue weighted by Crippen LogP contribution is 2.33. The first-order valence-corrected chi connectivity index (χ1v) is 17.8. The normalized spacial score (nSPS) is 11.7. The fourth-order valence-corrected chi connectivity index (χ4v) is 5.47. The molecule has 50 heavy (non-hydrogen) atoms. The lowest BCUT2D eigenvalue weighted by Crippen LogP contribution is -2.10. The molecule has 0 saturated heterocycles. The van der Waals surface area contributed by atoms with Crippen molar-refractivity contribution in [3.63, 3.8) is 0 Å². The number of aliphatic hydroxyl groups is 1. The van der Waals surface area contributed by atoms with Crippen molar-refractivity contribution in [2.75, 3.05) is 0 Å². The summed E-state index contributed by atoms with van der Waals surface area (Å²) in [5, 5.41) is 11.2. The van der Waals surface area contributed by atoms with E-state index in [4.69, 9.17) is 18.9 Å². The Morgan fingerprint density at radius 3 is 1.88 bits per heavy atom. The average molecular weight is 679 g/mol. The van der Waals surface area contributed by atoms with Crippen LogP contribution in [0.25, 0.3) is 6.08 Å². The number of aliphatic hydroxyl groups excluding tert-OH is 1. The zero-order valence-corrected chi connectivity index (χ0v) is 29.4. The van der Waals surface area contributed by atoms with Crippen LogP contribution in [0.4, 0.5) is 0 Å². The Labute approximate surface area is 296 Å². The van der Waals surface area contributed by atoms with Crippen molar-refractivity contribution in [1.82, 2.24) is 0 Å². The summed E-state index contributed by atoms with van der Waals surface area (Å²) < 4.78 is 23.2. The maximum absolute atomic E-state index is 12.5. The molecule has 0 aliphatic heterocycles. The third-order valence-corrected chi connectivity index (χ3v) is 8.20. The van der Waals surface area contributed by atoms with Crippen molar-refractivity contribution in [3.05, 3.63) is 125 Å². The largest absolute Gasteiger partial charge is 0.489 e. The van der Waals surface area contributed by atoms with Crippen molar-refractivity contribution in [2.45, 2.75) is 97.4 Å². The molecule has 0 heterocycles. The number of benzene rings is 4. The molecule has 4 rings (SSSR count). The quantitative estimate of drug-likeness (QED) is 0.0533. The van der Waals surface area contributed by atoms with Gasteiger partial charge < -0.3 is 24.1 Å². The molecule has 0 saturated carbocycles. The Kier molecular flexibility index (Phi) is 16.1. The molecule has 264 valence electrons. The molecule has 0 amide bonds. The first-order chi connectivity index (χ1) is 24.4. The highest BCUT2D eigenvalue weighted by Gasteiger charge is 2.16. The summed E-state index contributed by atoms with van der Waals surface area (Å²) in [6, 6.07) is 30.0. The van der Waals surface area contributed by atoms with Crippen molar-refractivity contribution < 1.29 is 33.6 Å². The van der Waals surface area contributed by atoms with Gasteiger partial charge in [0.1, 0.15) is 42.3 Å². The first kappa shape index (κ1) is 37.9. The number of carbonyl (C=O) groups is 2. The van der Waals surface area contributed by atoms with Gasteiger partial charge in [-0.2, -0.15) is 0 Å². The molecule has 4 aromatic carbocycles. The second kappa shape index (κ2) is 21.3. The lowest BCUT2D eigenvalue weighted by Gasteiger charge is -2.15. The standard InChI is InChI=1S/C43H50O7/c1-3-4-5-6-7-8-9-10-17-22-43(46)50-38-26-27-39(42(30-38)49-33(2)44)40(45)28-24-36-23-25-37(47-31-34-18-13-11-14-19-34)29-41(36)48-32-35-20-15-12-16-21-35/h11-16,18-21,23-30,40,45H,3-10,17,22,31-32H2,1-2H3. The van der Waals surface area contributed by atoms with Gasteiger partial charge in [-0.15, -0.1) is 0 Å². The van der Waals surface area contributed by atoms with Crippen LogP contribution < -0.4 is 18.9 Å². The van der Waals surface area contributed by atoms with Crippen LogP contribution in [0.1, 0.15) is 106 Å². The van der Waals surface area contributed by atoms with E-state index in [0.717, 1.165) is 36.0 Å². The molecule has 0 radical (unpaired) electrons. The van der Waals surface area contributed by atoms with Crippen LogP contribution >= 0.6 is 0 Å². The van der Waals surface area contributed by atoms with Crippen molar-refractivity contribution in [1.29, 1.82) is 0 Å². The molecule has 7 nitrogen and oxygen atoms in total. The Morgan fingerprint density at radius 2 is 1.24 bits per heavy atom. The number of esters is 2. The summed E-state index contributed by atoms with van der Waals surface area (Å²) in [5.74, 6) is 0.711. The predicted octanol–water partition coefficient (Wildman–Crippen LogP) is 10.3. The second-order valence-electron chi connectivity index (χ2n) is 12.4. The van der Waals surface area contributed by atoms with Crippen LogP contribution in [0.5, 0.6) is 23.0 Å². The van der Waals surface area contributed by atoms with E-state index in [1.165, 1.54) is 51.5 Å². The minimum absolute atomic E-state index is 0.119. The molecule has 4 aromatic rings. The predicted molar refractivity (Wildman–Crippen MR) is 197 cm³/mol. The summed E-state index contributed by atoms with van der Waals surface area (Å²) in [6.07, 6.45) is 13.0. The topological polar surface area (TPSA) is 91.3 Å². The fourth-order valence-electron chi connectivity index (χ4n) is 5.47. The Bertz CT molecular complexity index is 1630. The van der Waals surface area contributed by atoms with Gasteiger partial charge in [-0.25, -0.2) is 0 Å². The average Bonchev–Trinajstić information content (AvgIpc) is 3.12. The van der Waals surface area contributed by atoms with Crippen LogP contribution in [0.2, 0.25) is 0 Å². The third-order valence-electron chi connectivity index (χ3n) is 8.20. The molecule has 0 aromatic heterocycles. The van der Waals surface area contributed by atoms with Crippen LogP contribution in [0, 0.1) is 0 Å². The second-order valence-corrected chi connectivity index (χ2v) is 12.4. The van der Waals surface area contributed by atoms with E-state index in [9.17, 15) is 14.7 Å². The molecule has 0 spiro atoms. The molecule has 0 fully saturated rings. The summed E-state index contributed by atoms with van der Waals surface area (Å²) >= 11 is 0. The number of hydrogen-bond acceptors (Lipinski definition) is 7. The Hall–Kier alpha value is -4.88. The van der Waals surface area contributed by atoms with E-state index < -0.39 is 12.1 Å². The number of hydrogen-bond donors (Lipinski definition) is 1. The molecule has 0 bridgehead atoms. The van der Waals surface area contributed by atoms with Crippen LogP contribution in [-0.2, 0) is 22.8 Å². The number of ether oxygens (including phenoxy) is 4. The van der Waals surface area contributed by atoms with Gasteiger partial charge in [0.2, 0.25) is 0 Å². The van der Waals surface area contributed by atoms with E-state index >= 15 is 0 Å². The van der Waals surface area contributed by atoms with Crippen molar-refractivity contribution in [2.24, 2.45) is 0 Å². The molecule has 0 aliphatic carbocycles.